The Bertz CT molecular complexity index is 317. The highest BCUT2D eigenvalue weighted by molar-refractivity contribution is 5.18. The van der Waals surface area contributed by atoms with Crippen LogP contribution in [0.4, 0.5) is 0 Å². The highest BCUT2D eigenvalue weighted by Crippen LogP contribution is 2.57. The second kappa shape index (κ2) is 4.03. The predicted molar refractivity (Wildman–Crippen MR) is 68.1 cm³/mol. The first-order valence-electron chi connectivity index (χ1n) is 6.45. The Hall–Kier alpha value is -0.560. The summed E-state index contributed by atoms with van der Waals surface area (Å²) in [6, 6.07) is 0. The monoisotopic (exact) mass is 220 g/mol. The van der Waals surface area contributed by atoms with Gasteiger partial charge in [-0.05, 0) is 50.9 Å². The standard InChI is InChI=1S/C15H24O/c1-10(2)9-12-7-8-15(4)13(16)6-5-11(3)14(12)15/h12-14,16H,1,3,5-9H2,2,4H3. The maximum Gasteiger partial charge on any atom is 0.0602 e. The SMILES string of the molecule is C=C(C)CC1CCC2(C)C(O)CCC(=C)C12. The number of aliphatic hydroxyl groups is 1. The van der Waals surface area contributed by atoms with E-state index in [2.05, 4.69) is 27.0 Å². The van der Waals surface area contributed by atoms with E-state index in [4.69, 9.17) is 0 Å². The molecule has 0 radical (unpaired) electrons. The molecule has 1 nitrogen and oxygen atoms in total. The molecule has 1 heteroatoms. The van der Waals surface area contributed by atoms with Crippen LogP contribution in [0.5, 0.6) is 0 Å². The summed E-state index contributed by atoms with van der Waals surface area (Å²) < 4.78 is 0. The zero-order chi connectivity index (χ0) is 11.9. The lowest BCUT2D eigenvalue weighted by Crippen LogP contribution is -2.41. The molecule has 2 aliphatic carbocycles. The molecule has 0 saturated heterocycles. The Balaban J connectivity index is 2.23. The first kappa shape index (κ1) is 11.9. The van der Waals surface area contributed by atoms with Crippen LogP contribution in [0.25, 0.3) is 0 Å². The summed E-state index contributed by atoms with van der Waals surface area (Å²) in [4.78, 5) is 0. The van der Waals surface area contributed by atoms with Crippen molar-refractivity contribution in [1.29, 1.82) is 0 Å². The van der Waals surface area contributed by atoms with Crippen molar-refractivity contribution in [2.45, 2.75) is 52.1 Å². The number of rotatable bonds is 2. The number of fused-ring (bicyclic) bond motifs is 1. The number of hydrogen-bond acceptors (Lipinski definition) is 1. The first-order chi connectivity index (χ1) is 7.45. The van der Waals surface area contributed by atoms with Crippen molar-refractivity contribution < 1.29 is 5.11 Å². The summed E-state index contributed by atoms with van der Waals surface area (Å²) in [6.45, 7) is 12.6. The van der Waals surface area contributed by atoms with E-state index in [1.165, 1.54) is 17.6 Å². The summed E-state index contributed by atoms with van der Waals surface area (Å²) in [5.41, 5.74) is 2.73. The summed E-state index contributed by atoms with van der Waals surface area (Å²) in [7, 11) is 0. The maximum absolute atomic E-state index is 10.2. The third-order valence-electron chi connectivity index (χ3n) is 4.79. The summed E-state index contributed by atoms with van der Waals surface area (Å²) in [5, 5.41) is 10.2. The fraction of sp³-hybridized carbons (Fsp3) is 0.733. The third kappa shape index (κ3) is 1.75. The minimum absolute atomic E-state index is 0.0927. The molecule has 2 rings (SSSR count). The largest absolute Gasteiger partial charge is 0.393 e. The molecular formula is C15H24O. The highest BCUT2D eigenvalue weighted by atomic mass is 16.3. The van der Waals surface area contributed by atoms with Gasteiger partial charge in [0, 0.05) is 5.41 Å². The zero-order valence-electron chi connectivity index (χ0n) is 10.6. The molecule has 0 aromatic carbocycles. The Morgan fingerprint density at radius 3 is 2.81 bits per heavy atom. The Kier molecular flexibility index (Phi) is 3.00. The second-order valence-corrected chi connectivity index (χ2v) is 6.16. The molecule has 1 N–H and O–H groups in total. The molecule has 0 spiro atoms. The van der Waals surface area contributed by atoms with Gasteiger partial charge in [0.1, 0.15) is 0 Å². The molecule has 0 aromatic rings. The van der Waals surface area contributed by atoms with Crippen molar-refractivity contribution in [3.05, 3.63) is 24.3 Å². The van der Waals surface area contributed by atoms with Crippen molar-refractivity contribution in [3.8, 4) is 0 Å². The lowest BCUT2D eigenvalue weighted by atomic mass is 9.63. The van der Waals surface area contributed by atoms with E-state index < -0.39 is 0 Å². The van der Waals surface area contributed by atoms with Crippen molar-refractivity contribution >= 4 is 0 Å². The predicted octanol–water partition coefficient (Wildman–Crippen LogP) is 3.70. The molecule has 2 aliphatic rings. The molecule has 90 valence electrons. The van der Waals surface area contributed by atoms with Crippen LogP contribution >= 0.6 is 0 Å². The summed E-state index contributed by atoms with van der Waals surface area (Å²) >= 11 is 0. The first-order valence-corrected chi connectivity index (χ1v) is 6.45. The van der Waals surface area contributed by atoms with Crippen molar-refractivity contribution in [1.82, 2.24) is 0 Å². The number of hydrogen-bond donors (Lipinski definition) is 1. The van der Waals surface area contributed by atoms with Crippen LogP contribution in [-0.2, 0) is 0 Å². The van der Waals surface area contributed by atoms with Gasteiger partial charge in [0.25, 0.3) is 0 Å². The minimum Gasteiger partial charge on any atom is -0.393 e. The molecule has 0 aliphatic heterocycles. The van der Waals surface area contributed by atoms with E-state index in [1.54, 1.807) is 0 Å². The van der Waals surface area contributed by atoms with E-state index in [0.29, 0.717) is 11.8 Å². The Morgan fingerprint density at radius 2 is 2.19 bits per heavy atom. The normalized spacial score (nSPS) is 43.2. The van der Waals surface area contributed by atoms with Gasteiger partial charge in [-0.1, -0.05) is 24.6 Å². The van der Waals surface area contributed by atoms with Crippen molar-refractivity contribution in [3.63, 3.8) is 0 Å². The Morgan fingerprint density at radius 1 is 1.50 bits per heavy atom. The van der Waals surface area contributed by atoms with Crippen LogP contribution in [0.2, 0.25) is 0 Å². The molecule has 4 atom stereocenters. The molecule has 4 unspecified atom stereocenters. The van der Waals surface area contributed by atoms with E-state index in [9.17, 15) is 5.11 Å². The smallest absolute Gasteiger partial charge is 0.0602 e. The molecule has 0 aromatic heterocycles. The molecule has 0 bridgehead atoms. The number of aliphatic hydroxyl groups excluding tert-OH is 1. The molecular weight excluding hydrogens is 196 g/mol. The van der Waals surface area contributed by atoms with Crippen LogP contribution in [0.3, 0.4) is 0 Å². The maximum atomic E-state index is 10.2. The zero-order valence-corrected chi connectivity index (χ0v) is 10.6. The van der Waals surface area contributed by atoms with Crippen molar-refractivity contribution in [2.24, 2.45) is 17.3 Å². The van der Waals surface area contributed by atoms with Crippen LogP contribution in [0, 0.1) is 17.3 Å². The van der Waals surface area contributed by atoms with Crippen LogP contribution in [0.1, 0.15) is 46.0 Å². The fourth-order valence-corrected chi connectivity index (χ4v) is 4.01. The average molecular weight is 220 g/mol. The molecule has 2 saturated carbocycles. The topological polar surface area (TPSA) is 20.2 Å². The van der Waals surface area contributed by atoms with Gasteiger partial charge in [0.2, 0.25) is 0 Å². The van der Waals surface area contributed by atoms with Gasteiger partial charge in [-0.3, -0.25) is 0 Å². The summed E-state index contributed by atoms with van der Waals surface area (Å²) in [5.74, 6) is 1.19. The van der Waals surface area contributed by atoms with Crippen LogP contribution in [-0.4, -0.2) is 11.2 Å². The number of allylic oxidation sites excluding steroid dienone is 2. The van der Waals surface area contributed by atoms with E-state index in [1.807, 2.05) is 0 Å². The Labute approximate surface area is 99.3 Å². The second-order valence-electron chi connectivity index (χ2n) is 6.16. The van der Waals surface area contributed by atoms with Gasteiger partial charge in [-0.2, -0.15) is 0 Å². The average Bonchev–Trinajstić information content (AvgIpc) is 2.52. The molecule has 0 amide bonds. The van der Waals surface area contributed by atoms with Gasteiger partial charge >= 0.3 is 0 Å². The molecule has 2 fully saturated rings. The van der Waals surface area contributed by atoms with Crippen molar-refractivity contribution in [2.75, 3.05) is 0 Å². The molecule has 16 heavy (non-hydrogen) atoms. The van der Waals surface area contributed by atoms with Gasteiger partial charge in [-0.15, -0.1) is 6.58 Å². The van der Waals surface area contributed by atoms with E-state index in [-0.39, 0.29) is 11.5 Å². The molecule has 0 heterocycles. The quantitative estimate of drug-likeness (QED) is 0.704. The lowest BCUT2D eigenvalue weighted by Gasteiger charge is -2.44. The minimum atomic E-state index is -0.127. The van der Waals surface area contributed by atoms with Crippen LogP contribution < -0.4 is 0 Å². The lowest BCUT2D eigenvalue weighted by molar-refractivity contribution is -0.0110. The fourth-order valence-electron chi connectivity index (χ4n) is 4.01. The van der Waals surface area contributed by atoms with Gasteiger partial charge in [-0.25, -0.2) is 0 Å². The summed E-state index contributed by atoms with van der Waals surface area (Å²) in [6.07, 6.45) is 5.27. The highest BCUT2D eigenvalue weighted by Gasteiger charge is 2.51. The van der Waals surface area contributed by atoms with E-state index in [0.717, 1.165) is 25.7 Å². The van der Waals surface area contributed by atoms with Gasteiger partial charge in [0.05, 0.1) is 6.10 Å². The third-order valence-corrected chi connectivity index (χ3v) is 4.79. The van der Waals surface area contributed by atoms with Gasteiger partial charge in [0.15, 0.2) is 0 Å². The van der Waals surface area contributed by atoms with Gasteiger partial charge < -0.3 is 5.11 Å². The van der Waals surface area contributed by atoms with Crippen LogP contribution in [0.15, 0.2) is 24.3 Å². The van der Waals surface area contributed by atoms with E-state index >= 15 is 0 Å².